The second-order valence-electron chi connectivity index (χ2n) is 8.60. The molecule has 7 rings (SSSR count). The van der Waals surface area contributed by atoms with E-state index < -0.39 is 5.97 Å². The normalized spacial score (nSPS) is 56.7. The van der Waals surface area contributed by atoms with Crippen molar-refractivity contribution in [3.05, 3.63) is 0 Å². The summed E-state index contributed by atoms with van der Waals surface area (Å²) >= 11 is 0. The number of carbonyl (C=O) groups is 4. The SMILES string of the molecule is O=C1CC2C3CC(C2C(=O)O1)C1C2CCC(C4C(=O)OC(=O)C24)C31. The molecule has 2 aliphatic heterocycles. The van der Waals surface area contributed by atoms with Crippen LogP contribution in [0.1, 0.15) is 25.7 Å². The van der Waals surface area contributed by atoms with E-state index in [9.17, 15) is 19.2 Å². The van der Waals surface area contributed by atoms with E-state index in [4.69, 9.17) is 9.47 Å². The highest BCUT2D eigenvalue weighted by molar-refractivity contribution is 5.97. The molecule has 4 bridgehead atoms. The molecular weight excluding hydrogens is 312 g/mol. The Balaban J connectivity index is 1.44. The van der Waals surface area contributed by atoms with Crippen LogP contribution in [-0.4, -0.2) is 23.9 Å². The molecular formula is C18H18O6. The van der Waals surface area contributed by atoms with Gasteiger partial charge in [0.25, 0.3) is 0 Å². The Hall–Kier alpha value is -1.72. The van der Waals surface area contributed by atoms with Crippen LogP contribution in [0.5, 0.6) is 0 Å². The first kappa shape index (κ1) is 13.6. The van der Waals surface area contributed by atoms with Crippen molar-refractivity contribution in [2.24, 2.45) is 59.2 Å². The zero-order valence-corrected chi connectivity index (χ0v) is 13.1. The lowest BCUT2D eigenvalue weighted by atomic mass is 9.45. The number of esters is 4. The summed E-state index contributed by atoms with van der Waals surface area (Å²) in [4.78, 5) is 48.5. The van der Waals surface area contributed by atoms with Crippen LogP contribution in [0.3, 0.4) is 0 Å². The largest absolute Gasteiger partial charge is 0.393 e. The fourth-order valence-corrected chi connectivity index (χ4v) is 7.90. The molecule has 6 heteroatoms. The number of cyclic esters (lactones) is 4. The topological polar surface area (TPSA) is 86.7 Å². The lowest BCUT2D eigenvalue weighted by molar-refractivity contribution is -0.182. The molecule has 0 aromatic carbocycles. The zero-order valence-electron chi connectivity index (χ0n) is 13.1. The van der Waals surface area contributed by atoms with Crippen molar-refractivity contribution in [1.29, 1.82) is 0 Å². The van der Waals surface area contributed by atoms with Crippen molar-refractivity contribution < 1.29 is 28.7 Å². The third-order valence-corrected chi connectivity index (χ3v) is 8.22. The van der Waals surface area contributed by atoms with E-state index in [1.807, 2.05) is 0 Å². The smallest absolute Gasteiger partial charge is 0.317 e. The molecule has 5 aliphatic carbocycles. The molecule has 7 fully saturated rings. The van der Waals surface area contributed by atoms with Crippen LogP contribution < -0.4 is 0 Å². The Morgan fingerprint density at radius 1 is 0.625 bits per heavy atom. The minimum atomic E-state index is -0.403. The number of hydrogen-bond donors (Lipinski definition) is 0. The lowest BCUT2D eigenvalue weighted by Gasteiger charge is -2.57. The lowest BCUT2D eigenvalue weighted by Crippen LogP contribution is -2.58. The van der Waals surface area contributed by atoms with Gasteiger partial charge in [-0.15, -0.1) is 0 Å². The molecule has 2 saturated heterocycles. The van der Waals surface area contributed by atoms with Crippen molar-refractivity contribution in [3.8, 4) is 0 Å². The monoisotopic (exact) mass is 330 g/mol. The van der Waals surface area contributed by atoms with Gasteiger partial charge in [0, 0.05) is 6.42 Å². The summed E-state index contributed by atoms with van der Waals surface area (Å²) in [6, 6.07) is 0. The average Bonchev–Trinajstić information content (AvgIpc) is 3.20. The third-order valence-electron chi connectivity index (χ3n) is 8.22. The Bertz CT molecular complexity index is 712. The molecule has 0 amide bonds. The summed E-state index contributed by atoms with van der Waals surface area (Å²) in [5.41, 5.74) is 0. The summed E-state index contributed by atoms with van der Waals surface area (Å²) in [5, 5.41) is 0. The van der Waals surface area contributed by atoms with E-state index >= 15 is 0 Å². The van der Waals surface area contributed by atoms with Gasteiger partial charge >= 0.3 is 23.9 Å². The minimum Gasteiger partial charge on any atom is -0.393 e. The van der Waals surface area contributed by atoms with Crippen LogP contribution in [0.4, 0.5) is 0 Å². The van der Waals surface area contributed by atoms with Gasteiger partial charge in [-0.2, -0.15) is 0 Å². The number of rotatable bonds is 0. The maximum atomic E-state index is 12.3. The van der Waals surface area contributed by atoms with Gasteiger partial charge in [0.05, 0.1) is 17.8 Å². The van der Waals surface area contributed by atoms with E-state index in [0.29, 0.717) is 24.2 Å². The molecule has 5 saturated carbocycles. The summed E-state index contributed by atoms with van der Waals surface area (Å²) in [6.07, 6.45) is 3.19. The molecule has 126 valence electrons. The predicted molar refractivity (Wildman–Crippen MR) is 75.6 cm³/mol. The minimum absolute atomic E-state index is 0.0796. The van der Waals surface area contributed by atoms with Gasteiger partial charge in [-0.25, -0.2) is 0 Å². The van der Waals surface area contributed by atoms with E-state index in [2.05, 4.69) is 0 Å². The van der Waals surface area contributed by atoms with Crippen molar-refractivity contribution in [2.75, 3.05) is 0 Å². The first-order valence-electron chi connectivity index (χ1n) is 9.06. The molecule has 0 aromatic rings. The van der Waals surface area contributed by atoms with Crippen LogP contribution in [0.15, 0.2) is 0 Å². The maximum Gasteiger partial charge on any atom is 0.317 e. The predicted octanol–water partition coefficient (Wildman–Crippen LogP) is 0.930. The summed E-state index contributed by atoms with van der Waals surface area (Å²) in [6.45, 7) is 0. The van der Waals surface area contributed by atoms with Crippen LogP contribution in [0.2, 0.25) is 0 Å². The summed E-state index contributed by atoms with van der Waals surface area (Å²) in [5.74, 6) is -0.557. The Morgan fingerprint density at radius 3 is 1.88 bits per heavy atom. The first-order chi connectivity index (χ1) is 11.6. The van der Waals surface area contributed by atoms with Crippen LogP contribution in [0.25, 0.3) is 0 Å². The van der Waals surface area contributed by atoms with Crippen molar-refractivity contribution in [2.45, 2.75) is 25.7 Å². The van der Waals surface area contributed by atoms with Gasteiger partial charge in [-0.05, 0) is 60.7 Å². The molecule has 0 radical (unpaired) electrons. The van der Waals surface area contributed by atoms with Crippen molar-refractivity contribution in [3.63, 3.8) is 0 Å². The molecule has 2 heterocycles. The van der Waals surface area contributed by atoms with Crippen LogP contribution in [0, 0.1) is 59.2 Å². The Kier molecular flexibility index (Phi) is 2.31. The number of fused-ring (bicyclic) bond motifs is 6. The number of ether oxygens (including phenoxy) is 2. The van der Waals surface area contributed by atoms with Crippen molar-refractivity contribution >= 4 is 23.9 Å². The van der Waals surface area contributed by atoms with Gasteiger partial charge < -0.3 is 9.47 Å². The fourth-order valence-electron chi connectivity index (χ4n) is 7.90. The van der Waals surface area contributed by atoms with Gasteiger partial charge in [-0.3, -0.25) is 19.2 Å². The van der Waals surface area contributed by atoms with Gasteiger partial charge in [0.15, 0.2) is 0 Å². The van der Waals surface area contributed by atoms with Crippen molar-refractivity contribution in [1.82, 2.24) is 0 Å². The highest BCUT2D eigenvalue weighted by Crippen LogP contribution is 2.72. The van der Waals surface area contributed by atoms with E-state index in [0.717, 1.165) is 19.3 Å². The molecule has 0 spiro atoms. The second kappa shape index (κ2) is 4.09. The average molecular weight is 330 g/mol. The summed E-state index contributed by atoms with van der Waals surface area (Å²) < 4.78 is 9.89. The highest BCUT2D eigenvalue weighted by atomic mass is 16.6. The molecule has 6 nitrogen and oxygen atoms in total. The van der Waals surface area contributed by atoms with E-state index in [-0.39, 0.29) is 59.3 Å². The maximum absolute atomic E-state index is 12.3. The fraction of sp³-hybridized carbons (Fsp3) is 0.778. The standard InChI is InChI=1S/C18H18O6/c19-10-4-8-7-3-9(13(8)16(20)23-10)12-6-2-1-5(11(7)12)14-15(6)18(22)24-17(14)21/h5-9,11-15H,1-4H2. The molecule has 0 aromatic heterocycles. The second-order valence-corrected chi connectivity index (χ2v) is 8.60. The van der Waals surface area contributed by atoms with E-state index in [1.54, 1.807) is 0 Å². The van der Waals surface area contributed by atoms with Crippen LogP contribution >= 0.6 is 0 Å². The Labute approximate surface area is 138 Å². The molecule has 0 N–H and O–H groups in total. The molecule has 7 aliphatic rings. The third kappa shape index (κ3) is 1.33. The highest BCUT2D eigenvalue weighted by Gasteiger charge is 2.73. The van der Waals surface area contributed by atoms with Gasteiger partial charge in [-0.1, -0.05) is 0 Å². The molecule has 10 atom stereocenters. The Morgan fingerprint density at radius 2 is 1.21 bits per heavy atom. The molecule has 10 unspecified atom stereocenters. The molecule has 24 heavy (non-hydrogen) atoms. The first-order valence-corrected chi connectivity index (χ1v) is 9.06. The number of hydrogen-bond acceptors (Lipinski definition) is 6. The van der Waals surface area contributed by atoms with Gasteiger partial charge in [0.2, 0.25) is 0 Å². The zero-order chi connectivity index (χ0) is 16.3. The van der Waals surface area contributed by atoms with Crippen LogP contribution in [-0.2, 0) is 28.7 Å². The quantitative estimate of drug-likeness (QED) is 0.485. The van der Waals surface area contributed by atoms with Gasteiger partial charge in [0.1, 0.15) is 0 Å². The summed E-state index contributed by atoms with van der Waals surface area (Å²) in [7, 11) is 0. The van der Waals surface area contributed by atoms with E-state index in [1.165, 1.54) is 0 Å². The number of carbonyl (C=O) groups excluding carboxylic acids is 4.